The maximum atomic E-state index is 13.4. The number of aromatic nitrogens is 4. The van der Waals surface area contributed by atoms with Crippen molar-refractivity contribution in [1.29, 1.82) is 0 Å². The number of carboxylic acids is 1. The molecule has 6 nitrogen and oxygen atoms in total. The monoisotopic (exact) mass is 318 g/mol. The van der Waals surface area contributed by atoms with Crippen LogP contribution in [-0.2, 0) is 4.79 Å². The highest BCUT2D eigenvalue weighted by molar-refractivity contribution is 8.00. The van der Waals surface area contributed by atoms with Crippen LogP contribution >= 0.6 is 11.8 Å². The van der Waals surface area contributed by atoms with Crippen molar-refractivity contribution in [3.05, 3.63) is 42.2 Å². The second kappa shape index (κ2) is 5.72. The summed E-state index contributed by atoms with van der Waals surface area (Å²) < 4.78 is 14.8. The maximum absolute atomic E-state index is 13.4. The number of carboxylic acid groups (broad SMARTS) is 1. The molecule has 0 aliphatic carbocycles. The molecule has 3 rings (SSSR count). The zero-order chi connectivity index (χ0) is 15.7. The molecule has 2 heterocycles. The highest BCUT2D eigenvalue weighted by Crippen LogP contribution is 2.23. The van der Waals surface area contributed by atoms with Crippen LogP contribution in [0.2, 0.25) is 0 Å². The fourth-order valence-corrected chi connectivity index (χ4v) is 2.61. The number of hydrogen-bond donors (Lipinski definition) is 1. The number of rotatable bonds is 4. The van der Waals surface area contributed by atoms with Gasteiger partial charge < -0.3 is 5.11 Å². The summed E-state index contributed by atoms with van der Waals surface area (Å²) in [6, 6.07) is 9.36. The number of thioether (sulfide) groups is 1. The number of benzene rings is 1. The van der Waals surface area contributed by atoms with Crippen molar-refractivity contribution < 1.29 is 14.3 Å². The first-order chi connectivity index (χ1) is 10.5. The number of fused-ring (bicyclic) bond motifs is 1. The Kier molecular flexibility index (Phi) is 3.76. The molecule has 0 amide bonds. The van der Waals surface area contributed by atoms with Crippen LogP contribution in [-0.4, -0.2) is 36.1 Å². The first-order valence-electron chi connectivity index (χ1n) is 6.42. The Labute approximate surface area is 129 Å². The van der Waals surface area contributed by atoms with E-state index in [2.05, 4.69) is 15.3 Å². The Morgan fingerprint density at radius 2 is 2.14 bits per heavy atom. The minimum Gasteiger partial charge on any atom is -0.480 e. The standard InChI is InChI=1S/C14H11FN4O2S/c1-8(14(20)21)22-12-6-5-11-16-17-13(19(11)18-12)9-3-2-4-10(15)7-9/h2-8H,1H3,(H,20,21). The van der Waals surface area contributed by atoms with Crippen molar-refractivity contribution in [2.45, 2.75) is 17.2 Å². The Hall–Kier alpha value is -2.48. The lowest BCUT2D eigenvalue weighted by Crippen LogP contribution is -2.11. The molecule has 0 aliphatic rings. The fourth-order valence-electron chi connectivity index (χ4n) is 1.87. The molecule has 0 fully saturated rings. The molecule has 2 aromatic heterocycles. The topological polar surface area (TPSA) is 80.4 Å². The zero-order valence-electron chi connectivity index (χ0n) is 11.5. The van der Waals surface area contributed by atoms with Gasteiger partial charge in [-0.1, -0.05) is 23.9 Å². The van der Waals surface area contributed by atoms with Gasteiger partial charge in [-0.25, -0.2) is 4.39 Å². The molecule has 1 atom stereocenters. The minimum atomic E-state index is -0.916. The zero-order valence-corrected chi connectivity index (χ0v) is 12.3. The summed E-state index contributed by atoms with van der Waals surface area (Å²) in [6.45, 7) is 1.58. The highest BCUT2D eigenvalue weighted by atomic mass is 32.2. The van der Waals surface area contributed by atoms with E-state index in [0.717, 1.165) is 11.8 Å². The van der Waals surface area contributed by atoms with Crippen molar-refractivity contribution >= 4 is 23.4 Å². The van der Waals surface area contributed by atoms with E-state index >= 15 is 0 Å². The van der Waals surface area contributed by atoms with Gasteiger partial charge in [0.15, 0.2) is 11.5 Å². The van der Waals surface area contributed by atoms with Gasteiger partial charge in [0.05, 0.1) is 0 Å². The predicted molar refractivity (Wildman–Crippen MR) is 79.1 cm³/mol. The SMILES string of the molecule is CC(Sc1ccc2nnc(-c3cccc(F)c3)n2n1)C(=O)O. The molecule has 3 aromatic rings. The van der Waals surface area contributed by atoms with Crippen LogP contribution in [0.5, 0.6) is 0 Å². The summed E-state index contributed by atoms with van der Waals surface area (Å²) in [6.07, 6.45) is 0. The van der Waals surface area contributed by atoms with Gasteiger partial charge in [-0.15, -0.1) is 10.2 Å². The van der Waals surface area contributed by atoms with Gasteiger partial charge in [0.2, 0.25) is 0 Å². The van der Waals surface area contributed by atoms with Gasteiger partial charge >= 0.3 is 5.97 Å². The third kappa shape index (κ3) is 2.77. The van der Waals surface area contributed by atoms with Gasteiger partial charge in [0, 0.05) is 5.56 Å². The highest BCUT2D eigenvalue weighted by Gasteiger charge is 2.15. The molecule has 0 bridgehead atoms. The molecular formula is C14H11FN4O2S. The van der Waals surface area contributed by atoms with Crippen molar-refractivity contribution in [2.75, 3.05) is 0 Å². The number of hydrogen-bond acceptors (Lipinski definition) is 5. The van der Waals surface area contributed by atoms with Crippen LogP contribution in [0.1, 0.15) is 6.92 Å². The molecule has 1 N–H and O–H groups in total. The van der Waals surface area contributed by atoms with Gasteiger partial charge in [-0.3, -0.25) is 4.79 Å². The summed E-state index contributed by atoms with van der Waals surface area (Å²) >= 11 is 1.12. The molecule has 1 unspecified atom stereocenters. The molecule has 0 saturated carbocycles. The largest absolute Gasteiger partial charge is 0.480 e. The first kappa shape index (κ1) is 14.5. The van der Waals surface area contributed by atoms with E-state index in [9.17, 15) is 9.18 Å². The minimum absolute atomic E-state index is 0.376. The summed E-state index contributed by atoms with van der Waals surface area (Å²) in [5.74, 6) is -0.889. The van der Waals surface area contributed by atoms with Crippen LogP contribution in [0.3, 0.4) is 0 Å². The van der Waals surface area contributed by atoms with Gasteiger partial charge in [0.25, 0.3) is 0 Å². The molecule has 8 heteroatoms. The Morgan fingerprint density at radius 1 is 1.32 bits per heavy atom. The van der Waals surface area contributed by atoms with Crippen LogP contribution in [0.25, 0.3) is 17.0 Å². The van der Waals surface area contributed by atoms with Crippen LogP contribution < -0.4 is 0 Å². The van der Waals surface area contributed by atoms with Crippen molar-refractivity contribution in [1.82, 2.24) is 19.8 Å². The maximum Gasteiger partial charge on any atom is 0.316 e. The Morgan fingerprint density at radius 3 is 2.86 bits per heavy atom. The number of halogens is 1. The third-order valence-electron chi connectivity index (χ3n) is 2.97. The normalized spacial score (nSPS) is 12.5. The third-order valence-corrected chi connectivity index (χ3v) is 3.98. The summed E-state index contributed by atoms with van der Waals surface area (Å²) in [5.41, 5.74) is 1.06. The smallest absolute Gasteiger partial charge is 0.316 e. The number of aliphatic carboxylic acids is 1. The van der Waals surface area contributed by atoms with Crippen molar-refractivity contribution in [3.8, 4) is 11.4 Å². The molecule has 0 spiro atoms. The second-order valence-electron chi connectivity index (χ2n) is 4.57. The lowest BCUT2D eigenvalue weighted by molar-refractivity contribution is -0.136. The lowest BCUT2D eigenvalue weighted by atomic mass is 10.2. The molecule has 0 aliphatic heterocycles. The summed E-state index contributed by atoms with van der Waals surface area (Å²) in [7, 11) is 0. The van der Waals surface area contributed by atoms with E-state index in [4.69, 9.17) is 5.11 Å². The van der Waals surface area contributed by atoms with E-state index < -0.39 is 11.2 Å². The molecule has 22 heavy (non-hydrogen) atoms. The lowest BCUT2D eigenvalue weighted by Gasteiger charge is -2.06. The molecule has 0 saturated heterocycles. The van der Waals surface area contributed by atoms with E-state index in [0.29, 0.717) is 22.1 Å². The van der Waals surface area contributed by atoms with Crippen molar-refractivity contribution in [3.63, 3.8) is 0 Å². The second-order valence-corrected chi connectivity index (χ2v) is 5.93. The Balaban J connectivity index is 2.04. The average molecular weight is 318 g/mol. The van der Waals surface area contributed by atoms with Gasteiger partial charge in [-0.05, 0) is 31.2 Å². The summed E-state index contributed by atoms with van der Waals surface area (Å²) in [4.78, 5) is 10.9. The van der Waals surface area contributed by atoms with Gasteiger partial charge in [-0.2, -0.15) is 9.61 Å². The van der Waals surface area contributed by atoms with E-state index in [-0.39, 0.29) is 5.82 Å². The summed E-state index contributed by atoms with van der Waals surface area (Å²) in [5, 5.41) is 21.2. The number of nitrogens with zero attached hydrogens (tertiary/aromatic N) is 4. The Bertz CT molecular complexity index is 852. The first-order valence-corrected chi connectivity index (χ1v) is 7.30. The molecule has 0 radical (unpaired) electrons. The fraction of sp³-hybridized carbons (Fsp3) is 0.143. The van der Waals surface area contributed by atoms with E-state index in [1.807, 2.05) is 0 Å². The molecular weight excluding hydrogens is 307 g/mol. The van der Waals surface area contributed by atoms with Crippen LogP contribution in [0.15, 0.2) is 41.4 Å². The quantitative estimate of drug-likeness (QED) is 0.744. The van der Waals surface area contributed by atoms with Gasteiger partial charge in [0.1, 0.15) is 16.1 Å². The van der Waals surface area contributed by atoms with Crippen LogP contribution in [0.4, 0.5) is 4.39 Å². The van der Waals surface area contributed by atoms with Crippen molar-refractivity contribution in [2.24, 2.45) is 0 Å². The van der Waals surface area contributed by atoms with E-state index in [1.54, 1.807) is 31.2 Å². The van der Waals surface area contributed by atoms with Crippen LogP contribution in [0, 0.1) is 5.82 Å². The average Bonchev–Trinajstić information content (AvgIpc) is 2.90. The molecule has 1 aromatic carbocycles. The number of carbonyl (C=O) groups is 1. The predicted octanol–water partition coefficient (Wildman–Crippen LogP) is 2.50. The van der Waals surface area contributed by atoms with E-state index in [1.165, 1.54) is 16.6 Å². The molecule has 112 valence electrons.